The van der Waals surface area contributed by atoms with E-state index in [0.717, 1.165) is 23.4 Å². The van der Waals surface area contributed by atoms with Crippen LogP contribution in [0.3, 0.4) is 0 Å². The van der Waals surface area contributed by atoms with Gasteiger partial charge in [-0.2, -0.15) is 0 Å². The molecule has 4 nitrogen and oxygen atoms in total. The lowest BCUT2D eigenvalue weighted by molar-refractivity contribution is 0.414. The van der Waals surface area contributed by atoms with E-state index in [4.69, 9.17) is 4.74 Å². The van der Waals surface area contributed by atoms with Crippen molar-refractivity contribution in [2.75, 3.05) is 25.7 Å². The molecule has 1 aromatic rings. The van der Waals surface area contributed by atoms with Crippen LogP contribution in [0.1, 0.15) is 24.1 Å². The fraction of sp³-hybridized carbons (Fsp3) is 0.538. The third-order valence-electron chi connectivity index (χ3n) is 2.77. The summed E-state index contributed by atoms with van der Waals surface area (Å²) >= 11 is 0. The number of nitrogens with one attached hydrogen (secondary N) is 1. The first-order valence-electron chi connectivity index (χ1n) is 5.93. The van der Waals surface area contributed by atoms with Gasteiger partial charge >= 0.3 is 0 Å². The van der Waals surface area contributed by atoms with Crippen molar-refractivity contribution in [1.29, 1.82) is 0 Å². The number of rotatable bonds is 6. The molecule has 0 aromatic heterocycles. The van der Waals surface area contributed by atoms with Crippen molar-refractivity contribution in [3.8, 4) is 5.75 Å². The normalized spacial score (nSPS) is 13.3. The molecular weight excluding hydrogens is 250 g/mol. The van der Waals surface area contributed by atoms with Gasteiger partial charge in [-0.05, 0) is 36.7 Å². The molecule has 0 saturated carbocycles. The third-order valence-corrected chi connectivity index (χ3v) is 3.71. The predicted molar refractivity (Wildman–Crippen MR) is 73.9 cm³/mol. The Kier molecular flexibility index (Phi) is 5.16. The van der Waals surface area contributed by atoms with Crippen LogP contribution >= 0.6 is 0 Å². The van der Waals surface area contributed by atoms with Gasteiger partial charge in [0.2, 0.25) is 0 Å². The Bertz CT molecular complexity index is 497. The molecule has 1 N–H and O–H groups in total. The highest BCUT2D eigenvalue weighted by atomic mass is 32.2. The SMILES string of the molecule is CCNC(CS(C)(=O)=O)c1ccc(OC)cc1C. The molecule has 18 heavy (non-hydrogen) atoms. The lowest BCUT2D eigenvalue weighted by Crippen LogP contribution is -2.28. The molecule has 0 aliphatic heterocycles. The first kappa shape index (κ1) is 15.0. The van der Waals surface area contributed by atoms with Gasteiger partial charge in [0.05, 0.1) is 12.9 Å². The second kappa shape index (κ2) is 6.20. The van der Waals surface area contributed by atoms with Crippen molar-refractivity contribution in [2.24, 2.45) is 0 Å². The molecule has 0 bridgehead atoms. The molecule has 0 amide bonds. The van der Waals surface area contributed by atoms with Crippen LogP contribution in [-0.2, 0) is 9.84 Å². The monoisotopic (exact) mass is 271 g/mol. The van der Waals surface area contributed by atoms with E-state index < -0.39 is 9.84 Å². The molecular formula is C13H21NO3S. The van der Waals surface area contributed by atoms with Gasteiger partial charge < -0.3 is 10.1 Å². The van der Waals surface area contributed by atoms with Gasteiger partial charge in [-0.25, -0.2) is 8.42 Å². The minimum absolute atomic E-state index is 0.105. The van der Waals surface area contributed by atoms with Gasteiger partial charge in [0.15, 0.2) is 0 Å². The maximum absolute atomic E-state index is 11.5. The Balaban J connectivity index is 3.05. The minimum atomic E-state index is -3.02. The fourth-order valence-electron chi connectivity index (χ4n) is 1.97. The molecule has 0 fully saturated rings. The summed E-state index contributed by atoms with van der Waals surface area (Å²) in [6.45, 7) is 4.66. The molecule has 0 spiro atoms. The van der Waals surface area contributed by atoms with Crippen LogP contribution in [-0.4, -0.2) is 34.1 Å². The summed E-state index contributed by atoms with van der Waals surface area (Å²) in [6.07, 6.45) is 1.26. The first-order valence-corrected chi connectivity index (χ1v) is 7.99. The summed E-state index contributed by atoms with van der Waals surface area (Å²) in [4.78, 5) is 0. The van der Waals surface area contributed by atoms with Gasteiger partial charge in [0.1, 0.15) is 15.6 Å². The van der Waals surface area contributed by atoms with Gasteiger partial charge in [-0.1, -0.05) is 13.0 Å². The second-order valence-corrected chi connectivity index (χ2v) is 6.61. The van der Waals surface area contributed by atoms with E-state index in [-0.39, 0.29) is 11.8 Å². The maximum Gasteiger partial charge on any atom is 0.149 e. The summed E-state index contributed by atoms with van der Waals surface area (Å²) < 4.78 is 28.1. The smallest absolute Gasteiger partial charge is 0.149 e. The van der Waals surface area contributed by atoms with Crippen molar-refractivity contribution >= 4 is 9.84 Å². The zero-order chi connectivity index (χ0) is 13.8. The maximum atomic E-state index is 11.5. The lowest BCUT2D eigenvalue weighted by Gasteiger charge is -2.20. The average Bonchev–Trinajstić information content (AvgIpc) is 2.26. The number of ether oxygens (including phenoxy) is 1. The van der Waals surface area contributed by atoms with Crippen molar-refractivity contribution < 1.29 is 13.2 Å². The van der Waals surface area contributed by atoms with Crippen LogP contribution in [0, 0.1) is 6.92 Å². The number of aryl methyl sites for hydroxylation is 1. The van der Waals surface area contributed by atoms with E-state index in [1.54, 1.807) is 7.11 Å². The number of hydrogen-bond acceptors (Lipinski definition) is 4. The van der Waals surface area contributed by atoms with E-state index in [2.05, 4.69) is 5.32 Å². The highest BCUT2D eigenvalue weighted by Gasteiger charge is 2.18. The van der Waals surface area contributed by atoms with Crippen LogP contribution in [0.15, 0.2) is 18.2 Å². The number of methoxy groups -OCH3 is 1. The van der Waals surface area contributed by atoms with Crippen LogP contribution in [0.25, 0.3) is 0 Å². The third kappa shape index (κ3) is 4.31. The molecule has 1 rings (SSSR count). The Morgan fingerprint density at radius 2 is 2.06 bits per heavy atom. The molecule has 1 atom stereocenters. The Morgan fingerprint density at radius 3 is 2.50 bits per heavy atom. The highest BCUT2D eigenvalue weighted by Crippen LogP contribution is 2.23. The minimum Gasteiger partial charge on any atom is -0.497 e. The Morgan fingerprint density at radius 1 is 1.39 bits per heavy atom. The highest BCUT2D eigenvalue weighted by molar-refractivity contribution is 7.90. The molecule has 0 saturated heterocycles. The van der Waals surface area contributed by atoms with Crippen LogP contribution in [0.5, 0.6) is 5.75 Å². The van der Waals surface area contributed by atoms with E-state index >= 15 is 0 Å². The summed E-state index contributed by atoms with van der Waals surface area (Å²) in [5.74, 6) is 0.888. The van der Waals surface area contributed by atoms with Crippen molar-refractivity contribution in [2.45, 2.75) is 19.9 Å². The van der Waals surface area contributed by atoms with Gasteiger partial charge in [-0.15, -0.1) is 0 Å². The Labute approximate surface area is 109 Å². The molecule has 0 aliphatic carbocycles. The van der Waals surface area contributed by atoms with E-state index in [1.165, 1.54) is 6.26 Å². The van der Waals surface area contributed by atoms with Crippen molar-refractivity contribution in [3.05, 3.63) is 29.3 Å². The number of hydrogen-bond donors (Lipinski definition) is 1. The van der Waals surface area contributed by atoms with Crippen LogP contribution in [0.2, 0.25) is 0 Å². The lowest BCUT2D eigenvalue weighted by atomic mass is 10.0. The second-order valence-electron chi connectivity index (χ2n) is 4.43. The van der Waals surface area contributed by atoms with E-state index in [1.807, 2.05) is 32.0 Å². The topological polar surface area (TPSA) is 55.4 Å². The standard InChI is InChI=1S/C13H21NO3S/c1-5-14-13(9-18(4,15)16)12-7-6-11(17-3)8-10(12)2/h6-8,13-14H,5,9H2,1-4H3. The molecule has 5 heteroatoms. The molecule has 0 radical (unpaired) electrons. The summed E-state index contributed by atoms with van der Waals surface area (Å²) in [7, 11) is -1.40. The van der Waals surface area contributed by atoms with Crippen LogP contribution in [0.4, 0.5) is 0 Å². The molecule has 1 aromatic carbocycles. The molecule has 1 unspecified atom stereocenters. The quantitative estimate of drug-likeness (QED) is 0.855. The van der Waals surface area contributed by atoms with Crippen molar-refractivity contribution in [1.82, 2.24) is 5.32 Å². The van der Waals surface area contributed by atoms with Gasteiger partial charge in [-0.3, -0.25) is 0 Å². The number of sulfone groups is 1. The zero-order valence-corrected chi connectivity index (χ0v) is 12.2. The summed E-state index contributed by atoms with van der Waals surface area (Å²) in [6, 6.07) is 5.53. The largest absolute Gasteiger partial charge is 0.497 e. The molecule has 0 heterocycles. The molecule has 0 aliphatic rings. The zero-order valence-electron chi connectivity index (χ0n) is 11.4. The van der Waals surface area contributed by atoms with Crippen LogP contribution < -0.4 is 10.1 Å². The molecule has 102 valence electrons. The first-order chi connectivity index (χ1) is 8.37. The van der Waals surface area contributed by atoms with E-state index in [9.17, 15) is 8.42 Å². The van der Waals surface area contributed by atoms with E-state index in [0.29, 0.717) is 0 Å². The average molecular weight is 271 g/mol. The Hall–Kier alpha value is -1.07. The summed E-state index contributed by atoms with van der Waals surface area (Å²) in [5.41, 5.74) is 2.03. The summed E-state index contributed by atoms with van der Waals surface area (Å²) in [5, 5.41) is 3.21. The van der Waals surface area contributed by atoms with Gasteiger partial charge in [0.25, 0.3) is 0 Å². The number of benzene rings is 1. The fourth-order valence-corrected chi connectivity index (χ4v) is 2.88. The van der Waals surface area contributed by atoms with Gasteiger partial charge in [0, 0.05) is 12.3 Å². The van der Waals surface area contributed by atoms with Crippen molar-refractivity contribution in [3.63, 3.8) is 0 Å². The predicted octanol–water partition coefficient (Wildman–Crippen LogP) is 1.70.